The van der Waals surface area contributed by atoms with Crippen LogP contribution in [-0.4, -0.2) is 41.4 Å². The molecule has 3 rings (SSSR count). The highest BCUT2D eigenvalue weighted by molar-refractivity contribution is 5.94. The number of piperidine rings is 1. The molecule has 0 aliphatic carbocycles. The molecular formula is C21H28F3N3O. The van der Waals surface area contributed by atoms with Crippen LogP contribution in [0.25, 0.3) is 10.9 Å². The van der Waals surface area contributed by atoms with Gasteiger partial charge in [0.2, 0.25) is 0 Å². The Bertz CT molecular complexity index is 817. The maximum Gasteiger partial charge on any atom is 0.418 e. The zero-order chi connectivity index (χ0) is 20.5. The molecule has 0 saturated carbocycles. The lowest BCUT2D eigenvalue weighted by molar-refractivity contribution is -0.136. The first-order valence-electron chi connectivity index (χ1n) is 9.70. The number of rotatable bonds is 5. The van der Waals surface area contributed by atoms with Crippen molar-refractivity contribution in [2.45, 2.75) is 51.4 Å². The fraction of sp³-hybridized carbons (Fsp3) is 0.571. The first-order valence-corrected chi connectivity index (χ1v) is 9.70. The van der Waals surface area contributed by atoms with Gasteiger partial charge in [-0.05, 0) is 63.4 Å². The Morgan fingerprint density at radius 2 is 1.96 bits per heavy atom. The Labute approximate surface area is 163 Å². The summed E-state index contributed by atoms with van der Waals surface area (Å²) in [4.78, 5) is 6.18. The summed E-state index contributed by atoms with van der Waals surface area (Å²) >= 11 is 0. The number of hydrogen-bond acceptors (Lipinski definition) is 4. The second-order valence-electron chi connectivity index (χ2n) is 8.49. The quantitative estimate of drug-likeness (QED) is 0.796. The standard InChI is InChI=1S/C21H28F3N3O/c1-14-11-15(25-10-8-20(2,3)28)13-27(12-14)18-7-6-17(21(22,23)24)19-16(18)5-4-9-26-19/h4-7,9,14-15,25,28H,8,10-13H2,1-3H3. The molecule has 0 amide bonds. The van der Waals surface area contributed by atoms with Crippen molar-refractivity contribution in [3.63, 3.8) is 0 Å². The topological polar surface area (TPSA) is 48.4 Å². The molecule has 28 heavy (non-hydrogen) atoms. The molecule has 0 bridgehead atoms. The summed E-state index contributed by atoms with van der Waals surface area (Å²) in [6.45, 7) is 7.92. The molecule has 154 valence electrons. The molecule has 1 aromatic heterocycles. The summed E-state index contributed by atoms with van der Waals surface area (Å²) in [7, 11) is 0. The third kappa shape index (κ3) is 4.94. The summed E-state index contributed by atoms with van der Waals surface area (Å²) in [5, 5.41) is 13.9. The Morgan fingerprint density at radius 1 is 1.21 bits per heavy atom. The Kier molecular flexibility index (Phi) is 5.87. The maximum absolute atomic E-state index is 13.4. The van der Waals surface area contributed by atoms with Crippen molar-refractivity contribution in [2.24, 2.45) is 5.92 Å². The molecule has 2 heterocycles. The highest BCUT2D eigenvalue weighted by Crippen LogP contribution is 2.38. The number of nitrogens with zero attached hydrogens (tertiary/aromatic N) is 2. The first kappa shape index (κ1) is 20.9. The summed E-state index contributed by atoms with van der Waals surface area (Å²) in [5.74, 6) is 0.405. The van der Waals surface area contributed by atoms with Gasteiger partial charge in [0, 0.05) is 36.4 Å². The number of halogens is 3. The van der Waals surface area contributed by atoms with Gasteiger partial charge < -0.3 is 15.3 Å². The van der Waals surface area contributed by atoms with E-state index in [0.717, 1.165) is 24.7 Å². The van der Waals surface area contributed by atoms with E-state index in [1.165, 1.54) is 6.20 Å². The van der Waals surface area contributed by atoms with E-state index in [9.17, 15) is 18.3 Å². The van der Waals surface area contributed by atoms with Gasteiger partial charge in [-0.1, -0.05) is 6.92 Å². The second-order valence-corrected chi connectivity index (χ2v) is 8.49. The molecule has 2 aromatic rings. The van der Waals surface area contributed by atoms with Crippen molar-refractivity contribution in [3.05, 3.63) is 36.0 Å². The van der Waals surface area contributed by atoms with Crippen molar-refractivity contribution < 1.29 is 18.3 Å². The van der Waals surface area contributed by atoms with E-state index in [0.29, 0.717) is 30.8 Å². The smallest absolute Gasteiger partial charge is 0.390 e. The molecule has 1 saturated heterocycles. The van der Waals surface area contributed by atoms with Gasteiger partial charge in [-0.2, -0.15) is 13.2 Å². The lowest BCUT2D eigenvalue weighted by atomic mass is 9.94. The van der Waals surface area contributed by atoms with Crippen LogP contribution in [-0.2, 0) is 6.18 Å². The third-order valence-corrected chi connectivity index (χ3v) is 5.22. The van der Waals surface area contributed by atoms with E-state index in [2.05, 4.69) is 22.1 Å². The van der Waals surface area contributed by atoms with Crippen LogP contribution in [0.1, 0.15) is 39.2 Å². The van der Waals surface area contributed by atoms with Gasteiger partial charge in [-0.25, -0.2) is 0 Å². The molecule has 2 N–H and O–H groups in total. The first-order chi connectivity index (χ1) is 13.0. The van der Waals surface area contributed by atoms with E-state index < -0.39 is 17.3 Å². The van der Waals surface area contributed by atoms with Gasteiger partial charge in [0.1, 0.15) is 0 Å². The van der Waals surface area contributed by atoms with Crippen LogP contribution in [0.2, 0.25) is 0 Å². The third-order valence-electron chi connectivity index (χ3n) is 5.22. The van der Waals surface area contributed by atoms with Crippen LogP contribution in [0.4, 0.5) is 18.9 Å². The number of alkyl halides is 3. The van der Waals surface area contributed by atoms with Crippen LogP contribution in [0, 0.1) is 5.92 Å². The van der Waals surface area contributed by atoms with Crippen LogP contribution < -0.4 is 10.2 Å². The number of nitrogens with one attached hydrogen (secondary N) is 1. The zero-order valence-electron chi connectivity index (χ0n) is 16.6. The molecule has 1 aromatic carbocycles. The SMILES string of the molecule is CC1CC(NCCC(C)(C)O)CN(c2ccc(C(F)(F)F)c3ncccc23)C1. The number of anilines is 1. The Balaban J connectivity index is 1.85. The summed E-state index contributed by atoms with van der Waals surface area (Å²) in [6, 6.07) is 6.32. The van der Waals surface area contributed by atoms with Gasteiger partial charge in [0.05, 0.1) is 16.7 Å². The number of benzene rings is 1. The second kappa shape index (κ2) is 7.87. The van der Waals surface area contributed by atoms with E-state index in [4.69, 9.17) is 0 Å². The Morgan fingerprint density at radius 3 is 2.64 bits per heavy atom. The number of fused-ring (bicyclic) bond motifs is 1. The summed E-state index contributed by atoms with van der Waals surface area (Å²) in [5.41, 5.74) is -0.631. The predicted molar refractivity (Wildman–Crippen MR) is 105 cm³/mol. The zero-order valence-corrected chi connectivity index (χ0v) is 16.6. The molecule has 2 atom stereocenters. The number of aliphatic hydroxyl groups is 1. The van der Waals surface area contributed by atoms with Crippen molar-refractivity contribution in [1.29, 1.82) is 0 Å². The van der Waals surface area contributed by atoms with Gasteiger partial charge in [-0.3, -0.25) is 4.98 Å². The molecule has 4 nitrogen and oxygen atoms in total. The maximum atomic E-state index is 13.4. The van der Waals surface area contributed by atoms with Crippen molar-refractivity contribution >= 4 is 16.6 Å². The monoisotopic (exact) mass is 395 g/mol. The van der Waals surface area contributed by atoms with Crippen LogP contribution in [0.3, 0.4) is 0 Å². The van der Waals surface area contributed by atoms with E-state index >= 15 is 0 Å². The summed E-state index contributed by atoms with van der Waals surface area (Å²) < 4.78 is 40.1. The largest absolute Gasteiger partial charge is 0.418 e. The van der Waals surface area contributed by atoms with Crippen LogP contribution in [0.5, 0.6) is 0 Å². The minimum Gasteiger partial charge on any atom is -0.390 e. The molecule has 2 unspecified atom stereocenters. The van der Waals surface area contributed by atoms with Gasteiger partial charge in [0.25, 0.3) is 0 Å². The fourth-order valence-corrected chi connectivity index (χ4v) is 3.94. The Hall–Kier alpha value is -1.86. The van der Waals surface area contributed by atoms with E-state index in [1.54, 1.807) is 32.0 Å². The predicted octanol–water partition coefficient (Wildman–Crippen LogP) is 4.22. The van der Waals surface area contributed by atoms with Gasteiger partial charge in [-0.15, -0.1) is 0 Å². The highest BCUT2D eigenvalue weighted by atomic mass is 19.4. The van der Waals surface area contributed by atoms with Crippen molar-refractivity contribution in [2.75, 3.05) is 24.5 Å². The average molecular weight is 395 g/mol. The van der Waals surface area contributed by atoms with E-state index in [1.807, 2.05) is 0 Å². The summed E-state index contributed by atoms with van der Waals surface area (Å²) in [6.07, 6.45) is -1.38. The average Bonchev–Trinajstić information content (AvgIpc) is 2.58. The lowest BCUT2D eigenvalue weighted by Gasteiger charge is -2.39. The molecule has 0 radical (unpaired) electrons. The van der Waals surface area contributed by atoms with Gasteiger partial charge in [0.15, 0.2) is 0 Å². The molecule has 0 spiro atoms. The minimum absolute atomic E-state index is 0.00253. The van der Waals surface area contributed by atoms with Crippen molar-refractivity contribution in [3.8, 4) is 0 Å². The number of hydrogen-bond donors (Lipinski definition) is 2. The molecule has 7 heteroatoms. The number of aromatic nitrogens is 1. The number of pyridine rings is 1. The van der Waals surface area contributed by atoms with E-state index in [-0.39, 0.29) is 11.6 Å². The molecule has 1 aliphatic rings. The fourth-order valence-electron chi connectivity index (χ4n) is 3.94. The lowest BCUT2D eigenvalue weighted by Crippen LogP contribution is -2.49. The van der Waals surface area contributed by atoms with Crippen molar-refractivity contribution in [1.82, 2.24) is 10.3 Å². The van der Waals surface area contributed by atoms with Crippen LogP contribution >= 0.6 is 0 Å². The highest BCUT2D eigenvalue weighted by Gasteiger charge is 2.34. The van der Waals surface area contributed by atoms with Gasteiger partial charge >= 0.3 is 6.18 Å². The minimum atomic E-state index is -4.43. The normalized spacial score (nSPS) is 21.3. The van der Waals surface area contributed by atoms with Crippen LogP contribution in [0.15, 0.2) is 30.5 Å². The molecular weight excluding hydrogens is 367 g/mol. The molecule has 1 aliphatic heterocycles. The molecule has 1 fully saturated rings.